The number of anilines is 1. The van der Waals surface area contributed by atoms with Crippen molar-refractivity contribution in [3.8, 4) is 0 Å². The van der Waals surface area contributed by atoms with E-state index in [1.807, 2.05) is 30.5 Å². The standard InChI is InChI=1S/C22H22N2/c1-18-13-19(2)15-22(14-18)24(17-21-11-7-4-8-12-21)23-16-20-9-5-3-6-10-20/h3-16H,17H2,1-2H3/b23-16+. The molecule has 0 spiro atoms. The van der Waals surface area contributed by atoms with E-state index in [0.29, 0.717) is 0 Å². The third-order valence-electron chi connectivity index (χ3n) is 3.83. The first kappa shape index (κ1) is 16.0. The summed E-state index contributed by atoms with van der Waals surface area (Å²) in [7, 11) is 0. The van der Waals surface area contributed by atoms with Gasteiger partial charge in [-0.3, -0.25) is 5.01 Å². The van der Waals surface area contributed by atoms with Crippen LogP contribution in [-0.4, -0.2) is 6.21 Å². The van der Waals surface area contributed by atoms with E-state index in [1.165, 1.54) is 16.7 Å². The zero-order chi connectivity index (χ0) is 16.8. The van der Waals surface area contributed by atoms with E-state index >= 15 is 0 Å². The Morgan fingerprint density at radius 2 is 1.38 bits per heavy atom. The lowest BCUT2D eigenvalue weighted by Crippen LogP contribution is -2.16. The molecule has 0 bridgehead atoms. The minimum atomic E-state index is 0.743. The molecule has 0 aromatic heterocycles. The summed E-state index contributed by atoms with van der Waals surface area (Å²) >= 11 is 0. The lowest BCUT2D eigenvalue weighted by molar-refractivity contribution is 0.857. The molecule has 0 saturated carbocycles. The van der Waals surface area contributed by atoms with E-state index < -0.39 is 0 Å². The number of nitrogens with zero attached hydrogens (tertiary/aromatic N) is 2. The van der Waals surface area contributed by atoms with Crippen LogP contribution in [0.5, 0.6) is 0 Å². The SMILES string of the molecule is Cc1cc(C)cc(N(Cc2ccccc2)/N=C/c2ccccc2)c1. The molecule has 24 heavy (non-hydrogen) atoms. The maximum atomic E-state index is 4.75. The largest absolute Gasteiger partial charge is 0.261 e. The van der Waals surface area contributed by atoms with Crippen molar-refractivity contribution in [2.75, 3.05) is 5.01 Å². The predicted molar refractivity (Wildman–Crippen MR) is 103 cm³/mol. The van der Waals surface area contributed by atoms with Gasteiger partial charge in [0, 0.05) is 0 Å². The Balaban J connectivity index is 1.92. The highest BCUT2D eigenvalue weighted by atomic mass is 15.4. The molecule has 0 aliphatic rings. The van der Waals surface area contributed by atoms with Gasteiger partial charge in [-0.05, 0) is 48.2 Å². The van der Waals surface area contributed by atoms with Gasteiger partial charge in [-0.25, -0.2) is 0 Å². The van der Waals surface area contributed by atoms with Gasteiger partial charge >= 0.3 is 0 Å². The van der Waals surface area contributed by atoms with Gasteiger partial charge in [-0.15, -0.1) is 0 Å². The third kappa shape index (κ3) is 4.32. The molecule has 0 heterocycles. The topological polar surface area (TPSA) is 15.6 Å². The van der Waals surface area contributed by atoms with Crippen molar-refractivity contribution in [2.24, 2.45) is 5.10 Å². The summed E-state index contributed by atoms with van der Waals surface area (Å²) in [6.07, 6.45) is 1.92. The molecule has 0 saturated heterocycles. The monoisotopic (exact) mass is 314 g/mol. The van der Waals surface area contributed by atoms with Crippen molar-refractivity contribution in [1.29, 1.82) is 0 Å². The van der Waals surface area contributed by atoms with Crippen molar-refractivity contribution in [3.63, 3.8) is 0 Å². The molecular formula is C22H22N2. The minimum absolute atomic E-state index is 0.743. The molecule has 0 unspecified atom stereocenters. The zero-order valence-electron chi connectivity index (χ0n) is 14.2. The number of benzene rings is 3. The summed E-state index contributed by atoms with van der Waals surface area (Å²) in [4.78, 5) is 0. The molecule has 3 aromatic carbocycles. The van der Waals surface area contributed by atoms with Crippen LogP contribution < -0.4 is 5.01 Å². The fourth-order valence-electron chi connectivity index (χ4n) is 2.73. The first-order valence-corrected chi connectivity index (χ1v) is 8.19. The van der Waals surface area contributed by atoms with Gasteiger partial charge < -0.3 is 0 Å². The summed E-state index contributed by atoms with van der Waals surface area (Å²) < 4.78 is 0. The van der Waals surface area contributed by atoms with Crippen LogP contribution in [0.4, 0.5) is 5.69 Å². The van der Waals surface area contributed by atoms with Crippen molar-refractivity contribution < 1.29 is 0 Å². The molecule has 3 rings (SSSR count). The molecule has 0 amide bonds. The van der Waals surface area contributed by atoms with Gasteiger partial charge in [0.25, 0.3) is 0 Å². The van der Waals surface area contributed by atoms with Crippen LogP contribution in [0, 0.1) is 13.8 Å². The summed E-state index contributed by atoms with van der Waals surface area (Å²) in [6.45, 7) is 4.99. The molecule has 0 aliphatic heterocycles. The summed E-state index contributed by atoms with van der Waals surface area (Å²) in [5, 5.41) is 6.81. The second kappa shape index (κ2) is 7.60. The van der Waals surface area contributed by atoms with Gasteiger partial charge in [0.2, 0.25) is 0 Å². The Hall–Kier alpha value is -2.87. The van der Waals surface area contributed by atoms with Crippen molar-refractivity contribution in [1.82, 2.24) is 0 Å². The molecule has 2 heteroatoms. The second-order valence-corrected chi connectivity index (χ2v) is 6.04. The number of hydrogen-bond acceptors (Lipinski definition) is 2. The Morgan fingerprint density at radius 3 is 2.00 bits per heavy atom. The van der Waals surface area contributed by atoms with Crippen LogP contribution >= 0.6 is 0 Å². The first-order valence-electron chi connectivity index (χ1n) is 8.19. The number of hydrazone groups is 1. The van der Waals surface area contributed by atoms with Crippen LogP contribution in [0.25, 0.3) is 0 Å². The van der Waals surface area contributed by atoms with Crippen LogP contribution in [0.15, 0.2) is 84.0 Å². The fraction of sp³-hybridized carbons (Fsp3) is 0.136. The average molecular weight is 314 g/mol. The zero-order valence-corrected chi connectivity index (χ0v) is 14.2. The Kier molecular flexibility index (Phi) is 5.07. The lowest BCUT2D eigenvalue weighted by Gasteiger charge is -2.20. The van der Waals surface area contributed by atoms with E-state index in [1.54, 1.807) is 0 Å². The van der Waals surface area contributed by atoms with Gasteiger partial charge in [0.05, 0.1) is 18.4 Å². The second-order valence-electron chi connectivity index (χ2n) is 6.04. The normalized spacial score (nSPS) is 10.9. The highest BCUT2D eigenvalue weighted by Crippen LogP contribution is 2.21. The van der Waals surface area contributed by atoms with Gasteiger partial charge in [0.15, 0.2) is 0 Å². The summed E-state index contributed by atoms with van der Waals surface area (Å²) in [5.41, 5.74) is 5.95. The predicted octanol–water partition coefficient (Wildman–Crippen LogP) is 5.34. The van der Waals surface area contributed by atoms with E-state index in [2.05, 4.69) is 73.5 Å². The maximum Gasteiger partial charge on any atom is 0.0666 e. The molecule has 0 atom stereocenters. The molecule has 0 fully saturated rings. The molecule has 3 aromatic rings. The molecule has 2 nitrogen and oxygen atoms in total. The molecule has 120 valence electrons. The molecule has 0 N–H and O–H groups in total. The fourth-order valence-corrected chi connectivity index (χ4v) is 2.73. The summed E-state index contributed by atoms with van der Waals surface area (Å²) in [6, 6.07) is 27.2. The van der Waals surface area contributed by atoms with Gasteiger partial charge in [-0.1, -0.05) is 66.7 Å². The molecule has 0 radical (unpaired) electrons. The Morgan fingerprint density at radius 1 is 0.792 bits per heavy atom. The Bertz CT molecular complexity index is 788. The van der Waals surface area contributed by atoms with Gasteiger partial charge in [-0.2, -0.15) is 5.10 Å². The number of rotatable bonds is 5. The lowest BCUT2D eigenvalue weighted by atomic mass is 10.1. The van der Waals surface area contributed by atoms with Crippen LogP contribution in [0.2, 0.25) is 0 Å². The third-order valence-corrected chi connectivity index (χ3v) is 3.83. The summed E-state index contributed by atoms with van der Waals surface area (Å²) in [5.74, 6) is 0. The van der Waals surface area contributed by atoms with E-state index in [0.717, 1.165) is 17.8 Å². The van der Waals surface area contributed by atoms with E-state index in [4.69, 9.17) is 5.10 Å². The first-order chi connectivity index (χ1) is 11.7. The minimum Gasteiger partial charge on any atom is -0.261 e. The number of hydrogen-bond donors (Lipinski definition) is 0. The highest BCUT2D eigenvalue weighted by Gasteiger charge is 2.07. The van der Waals surface area contributed by atoms with Crippen molar-refractivity contribution >= 4 is 11.9 Å². The quantitative estimate of drug-likeness (QED) is 0.458. The van der Waals surface area contributed by atoms with E-state index in [9.17, 15) is 0 Å². The van der Waals surface area contributed by atoms with Crippen LogP contribution in [0.3, 0.4) is 0 Å². The smallest absolute Gasteiger partial charge is 0.0666 e. The maximum absolute atomic E-state index is 4.75. The number of aryl methyl sites for hydroxylation is 2. The molecule has 0 aliphatic carbocycles. The van der Waals surface area contributed by atoms with Crippen molar-refractivity contribution in [3.05, 3.63) is 101 Å². The van der Waals surface area contributed by atoms with Crippen molar-refractivity contribution in [2.45, 2.75) is 20.4 Å². The Labute approximate surface area is 144 Å². The highest BCUT2D eigenvalue weighted by molar-refractivity contribution is 5.80. The van der Waals surface area contributed by atoms with E-state index in [-0.39, 0.29) is 0 Å². The van der Waals surface area contributed by atoms with Gasteiger partial charge in [0.1, 0.15) is 0 Å². The molecular weight excluding hydrogens is 292 g/mol. The van der Waals surface area contributed by atoms with Crippen LogP contribution in [0.1, 0.15) is 22.3 Å². The van der Waals surface area contributed by atoms with Crippen LogP contribution in [-0.2, 0) is 6.54 Å². The average Bonchev–Trinajstić information content (AvgIpc) is 2.59.